The van der Waals surface area contributed by atoms with Gasteiger partial charge in [-0.05, 0) is 43.4 Å². The molecule has 0 spiro atoms. The lowest BCUT2D eigenvalue weighted by Gasteiger charge is -2.25. The Kier molecular flexibility index (Phi) is 5.02. The van der Waals surface area contributed by atoms with E-state index in [-0.39, 0.29) is 23.1 Å². The summed E-state index contributed by atoms with van der Waals surface area (Å²) in [5.41, 5.74) is 0.763. The van der Waals surface area contributed by atoms with E-state index >= 15 is 0 Å². The molecule has 0 bridgehead atoms. The van der Waals surface area contributed by atoms with E-state index in [0.717, 1.165) is 26.1 Å². The Labute approximate surface area is 179 Å². The molecule has 1 aliphatic carbocycles. The van der Waals surface area contributed by atoms with Crippen LogP contribution in [-0.4, -0.2) is 45.1 Å². The first-order chi connectivity index (χ1) is 15.0. The second kappa shape index (κ2) is 7.85. The molecule has 2 aromatic heterocycles. The van der Waals surface area contributed by atoms with Crippen molar-refractivity contribution < 1.29 is 13.7 Å². The molecular formula is C23H24FN5O2. The highest BCUT2D eigenvalue weighted by Crippen LogP contribution is 2.50. The first-order valence-corrected chi connectivity index (χ1v) is 10.5. The van der Waals surface area contributed by atoms with Gasteiger partial charge in [-0.3, -0.25) is 9.69 Å². The van der Waals surface area contributed by atoms with Gasteiger partial charge in [0.25, 0.3) is 5.91 Å². The molecule has 5 rings (SSSR count). The molecule has 2 aliphatic rings. The Morgan fingerprint density at radius 2 is 2.13 bits per heavy atom. The molecule has 3 unspecified atom stereocenters. The molecule has 31 heavy (non-hydrogen) atoms. The van der Waals surface area contributed by atoms with E-state index in [1.165, 1.54) is 23.9 Å². The molecule has 3 heterocycles. The van der Waals surface area contributed by atoms with Gasteiger partial charge >= 0.3 is 0 Å². The minimum Gasteiger partial charge on any atom is -0.348 e. The van der Waals surface area contributed by atoms with Crippen LogP contribution in [0.25, 0.3) is 0 Å². The van der Waals surface area contributed by atoms with E-state index in [1.807, 2.05) is 25.1 Å². The van der Waals surface area contributed by atoms with Gasteiger partial charge in [0.05, 0.1) is 5.41 Å². The predicted octanol–water partition coefficient (Wildman–Crippen LogP) is 2.87. The second-order valence-corrected chi connectivity index (χ2v) is 8.60. The number of carbonyl (C=O) groups is 1. The minimum absolute atomic E-state index is 0.106. The number of aromatic nitrogens is 3. The maximum Gasteiger partial charge on any atom is 0.273 e. The molecule has 1 aromatic carbocycles. The van der Waals surface area contributed by atoms with Crippen LogP contribution in [0.1, 0.15) is 40.6 Å². The van der Waals surface area contributed by atoms with Crippen LogP contribution in [0, 0.1) is 18.7 Å². The summed E-state index contributed by atoms with van der Waals surface area (Å²) in [6, 6.07) is 13.0. The van der Waals surface area contributed by atoms with Gasteiger partial charge in [0.15, 0.2) is 17.3 Å². The third-order valence-electron chi connectivity index (χ3n) is 6.46. The van der Waals surface area contributed by atoms with Gasteiger partial charge in [0.2, 0.25) is 5.89 Å². The minimum atomic E-state index is -0.616. The topological polar surface area (TPSA) is 84.2 Å². The summed E-state index contributed by atoms with van der Waals surface area (Å²) in [6.45, 7) is 4.31. The molecule has 1 N–H and O–H groups in total. The Bertz CT molecular complexity index is 1090. The number of rotatable bonds is 5. The number of nitrogens with zero attached hydrogens (tertiary/aromatic N) is 4. The fourth-order valence-corrected chi connectivity index (χ4v) is 5.18. The highest BCUT2D eigenvalue weighted by Gasteiger charge is 2.57. The summed E-state index contributed by atoms with van der Waals surface area (Å²) in [7, 11) is 0. The average molecular weight is 421 g/mol. The van der Waals surface area contributed by atoms with Crippen molar-refractivity contribution in [2.45, 2.75) is 37.8 Å². The molecular weight excluding hydrogens is 397 g/mol. The van der Waals surface area contributed by atoms with Crippen molar-refractivity contribution in [2.24, 2.45) is 5.92 Å². The van der Waals surface area contributed by atoms with Crippen molar-refractivity contribution in [3.05, 3.63) is 77.5 Å². The lowest BCUT2D eigenvalue weighted by Crippen LogP contribution is -2.38. The summed E-state index contributed by atoms with van der Waals surface area (Å²) >= 11 is 0. The van der Waals surface area contributed by atoms with Crippen LogP contribution < -0.4 is 5.32 Å². The van der Waals surface area contributed by atoms with Gasteiger partial charge in [-0.2, -0.15) is 4.98 Å². The summed E-state index contributed by atoms with van der Waals surface area (Å²) in [6.07, 6.45) is 2.86. The number of benzene rings is 1. The number of nitrogens with one attached hydrogen (secondary N) is 1. The maximum absolute atomic E-state index is 14.0. The Morgan fingerprint density at radius 3 is 2.87 bits per heavy atom. The van der Waals surface area contributed by atoms with Gasteiger partial charge in [0.1, 0.15) is 0 Å². The standard InChI is InChI=1S/C23H24FN5O2/c1-15-26-22(31-28-15)23-11-18(27-21(30)20-19(24)8-5-9-25-20)10-17(23)13-29(14-23)12-16-6-3-2-4-7-16/h2-9,17-18H,10-14H2,1H3,(H,27,30). The van der Waals surface area contributed by atoms with Crippen LogP contribution in [0.3, 0.4) is 0 Å². The van der Waals surface area contributed by atoms with Crippen molar-refractivity contribution in [2.75, 3.05) is 13.1 Å². The number of aryl methyl sites for hydroxylation is 1. The SMILES string of the molecule is Cc1noc(C23CC(NC(=O)c4ncccc4F)CC2CN(Cc2ccccc2)C3)n1. The fraction of sp³-hybridized carbons (Fsp3) is 0.391. The van der Waals surface area contributed by atoms with Gasteiger partial charge in [-0.25, -0.2) is 9.37 Å². The largest absolute Gasteiger partial charge is 0.348 e. The first kappa shape index (κ1) is 19.8. The van der Waals surface area contributed by atoms with Crippen LogP contribution in [0.5, 0.6) is 0 Å². The maximum atomic E-state index is 14.0. The average Bonchev–Trinajstić information content (AvgIpc) is 3.42. The van der Waals surface area contributed by atoms with Crippen molar-refractivity contribution in [1.82, 2.24) is 25.3 Å². The van der Waals surface area contributed by atoms with E-state index in [0.29, 0.717) is 18.1 Å². The number of amides is 1. The number of fused-ring (bicyclic) bond motifs is 1. The number of pyridine rings is 1. The lowest BCUT2D eigenvalue weighted by molar-refractivity contribution is 0.0924. The normalized spacial score (nSPS) is 25.5. The molecule has 3 atom stereocenters. The van der Waals surface area contributed by atoms with Crippen LogP contribution >= 0.6 is 0 Å². The highest BCUT2D eigenvalue weighted by molar-refractivity contribution is 5.92. The monoisotopic (exact) mass is 421 g/mol. The summed E-state index contributed by atoms with van der Waals surface area (Å²) in [4.78, 5) is 23.5. The van der Waals surface area contributed by atoms with Gasteiger partial charge in [-0.15, -0.1) is 0 Å². The zero-order chi connectivity index (χ0) is 21.4. The molecule has 1 amide bonds. The molecule has 0 radical (unpaired) electrons. The van der Waals surface area contributed by atoms with Crippen molar-refractivity contribution in [3.8, 4) is 0 Å². The molecule has 1 aliphatic heterocycles. The fourth-order valence-electron chi connectivity index (χ4n) is 5.18. The third-order valence-corrected chi connectivity index (χ3v) is 6.46. The number of carbonyl (C=O) groups excluding carboxylic acids is 1. The molecule has 7 nitrogen and oxygen atoms in total. The van der Waals surface area contributed by atoms with E-state index in [4.69, 9.17) is 4.52 Å². The Hall–Kier alpha value is -3.13. The molecule has 1 saturated heterocycles. The van der Waals surface area contributed by atoms with Crippen LogP contribution in [-0.2, 0) is 12.0 Å². The Balaban J connectivity index is 1.36. The van der Waals surface area contributed by atoms with E-state index in [9.17, 15) is 9.18 Å². The van der Waals surface area contributed by atoms with Crippen LogP contribution in [0.15, 0.2) is 53.2 Å². The van der Waals surface area contributed by atoms with Crippen molar-refractivity contribution in [3.63, 3.8) is 0 Å². The molecule has 1 saturated carbocycles. The lowest BCUT2D eigenvalue weighted by atomic mass is 9.80. The van der Waals surface area contributed by atoms with E-state index in [2.05, 4.69) is 37.5 Å². The Morgan fingerprint density at radius 1 is 1.29 bits per heavy atom. The third kappa shape index (κ3) is 3.72. The zero-order valence-corrected chi connectivity index (χ0v) is 17.3. The zero-order valence-electron chi connectivity index (χ0n) is 17.3. The number of hydrogen-bond acceptors (Lipinski definition) is 6. The summed E-state index contributed by atoms with van der Waals surface area (Å²) in [5.74, 6) is 0.393. The van der Waals surface area contributed by atoms with E-state index in [1.54, 1.807) is 0 Å². The van der Waals surface area contributed by atoms with Crippen LogP contribution in [0.4, 0.5) is 4.39 Å². The highest BCUT2D eigenvalue weighted by atomic mass is 19.1. The van der Waals surface area contributed by atoms with Crippen molar-refractivity contribution >= 4 is 5.91 Å². The van der Waals surface area contributed by atoms with E-state index < -0.39 is 11.7 Å². The van der Waals surface area contributed by atoms with Gasteiger partial charge in [0, 0.05) is 31.9 Å². The molecule has 3 aromatic rings. The second-order valence-electron chi connectivity index (χ2n) is 8.60. The quantitative estimate of drug-likeness (QED) is 0.682. The van der Waals surface area contributed by atoms with Gasteiger partial charge in [-0.1, -0.05) is 35.5 Å². The number of halogens is 1. The number of hydrogen-bond donors (Lipinski definition) is 1. The molecule has 160 valence electrons. The van der Waals surface area contributed by atoms with Crippen molar-refractivity contribution in [1.29, 1.82) is 0 Å². The molecule has 2 fully saturated rings. The number of likely N-dealkylation sites (tertiary alicyclic amines) is 1. The van der Waals surface area contributed by atoms with Crippen LogP contribution in [0.2, 0.25) is 0 Å². The van der Waals surface area contributed by atoms with Gasteiger partial charge < -0.3 is 9.84 Å². The first-order valence-electron chi connectivity index (χ1n) is 10.5. The smallest absolute Gasteiger partial charge is 0.273 e. The summed E-state index contributed by atoms with van der Waals surface area (Å²) in [5, 5.41) is 7.00. The predicted molar refractivity (Wildman–Crippen MR) is 111 cm³/mol. The summed E-state index contributed by atoms with van der Waals surface area (Å²) < 4.78 is 19.6. The molecule has 8 heteroatoms.